The molecule has 0 aliphatic carbocycles. The zero-order chi connectivity index (χ0) is 21.6. The minimum Gasteiger partial charge on any atom is -0.481 e. The number of ether oxygens (including phenoxy) is 1. The zero-order valence-electron chi connectivity index (χ0n) is 17.1. The summed E-state index contributed by atoms with van der Waals surface area (Å²) in [4.78, 5) is 14.2. The topological polar surface area (TPSA) is 47.4 Å². The second kappa shape index (κ2) is 9.26. The summed E-state index contributed by atoms with van der Waals surface area (Å²) in [5, 5.41) is 4.77. The molecule has 0 unspecified atom stereocenters. The average Bonchev–Trinajstić information content (AvgIpc) is 3.23. The van der Waals surface area contributed by atoms with Crippen LogP contribution in [0.3, 0.4) is 0 Å². The van der Waals surface area contributed by atoms with Crippen LogP contribution in [0.2, 0.25) is 0 Å². The summed E-state index contributed by atoms with van der Waals surface area (Å²) in [6.45, 7) is 0.0987. The third-order valence-corrected chi connectivity index (χ3v) is 4.88. The summed E-state index contributed by atoms with van der Waals surface area (Å²) >= 11 is 0. The molecule has 4 aromatic rings. The highest BCUT2D eigenvalue weighted by atomic mass is 19.1. The van der Waals surface area contributed by atoms with Gasteiger partial charge < -0.3 is 9.64 Å². The van der Waals surface area contributed by atoms with E-state index in [0.717, 1.165) is 22.5 Å². The van der Waals surface area contributed by atoms with Gasteiger partial charge in [-0.1, -0.05) is 60.7 Å². The number of carbonyl (C=O) groups is 1. The number of amides is 1. The zero-order valence-corrected chi connectivity index (χ0v) is 17.1. The molecule has 5 nitrogen and oxygen atoms in total. The van der Waals surface area contributed by atoms with Gasteiger partial charge in [-0.15, -0.1) is 0 Å². The molecular weight excluding hydrogens is 393 g/mol. The number of rotatable bonds is 7. The fourth-order valence-corrected chi connectivity index (χ4v) is 3.23. The van der Waals surface area contributed by atoms with Crippen molar-refractivity contribution in [1.29, 1.82) is 0 Å². The highest BCUT2D eigenvalue weighted by Gasteiger charge is 2.17. The summed E-state index contributed by atoms with van der Waals surface area (Å²) in [5.74, 6) is -0.686. The van der Waals surface area contributed by atoms with Crippen molar-refractivity contribution in [3.8, 4) is 22.7 Å². The first-order chi connectivity index (χ1) is 15.1. The van der Waals surface area contributed by atoms with Gasteiger partial charge in [-0.25, -0.2) is 9.07 Å². The van der Waals surface area contributed by atoms with Gasteiger partial charge in [0.15, 0.2) is 18.2 Å². The van der Waals surface area contributed by atoms with Crippen molar-refractivity contribution in [2.45, 2.75) is 6.54 Å². The van der Waals surface area contributed by atoms with Crippen LogP contribution in [0.15, 0.2) is 91.1 Å². The molecule has 6 heteroatoms. The highest BCUT2D eigenvalue weighted by Crippen LogP contribution is 2.25. The molecule has 1 heterocycles. The summed E-state index contributed by atoms with van der Waals surface area (Å²) in [5.41, 5.74) is 3.61. The molecule has 0 aliphatic rings. The first-order valence-corrected chi connectivity index (χ1v) is 9.92. The van der Waals surface area contributed by atoms with Crippen LogP contribution >= 0.6 is 0 Å². The molecule has 0 N–H and O–H groups in total. The van der Waals surface area contributed by atoms with Crippen LogP contribution in [-0.2, 0) is 11.3 Å². The van der Waals surface area contributed by atoms with Gasteiger partial charge in [0.2, 0.25) is 0 Å². The van der Waals surface area contributed by atoms with Crippen molar-refractivity contribution in [3.63, 3.8) is 0 Å². The molecule has 0 aliphatic heterocycles. The van der Waals surface area contributed by atoms with E-state index in [0.29, 0.717) is 6.54 Å². The van der Waals surface area contributed by atoms with E-state index in [9.17, 15) is 9.18 Å². The Morgan fingerprint density at radius 3 is 2.32 bits per heavy atom. The predicted molar refractivity (Wildman–Crippen MR) is 117 cm³/mol. The molecule has 0 atom stereocenters. The molecule has 0 saturated heterocycles. The number of para-hydroxylation sites is 2. The van der Waals surface area contributed by atoms with Crippen molar-refractivity contribution < 1.29 is 13.9 Å². The van der Waals surface area contributed by atoms with Crippen molar-refractivity contribution in [1.82, 2.24) is 14.7 Å². The molecule has 1 aromatic heterocycles. The van der Waals surface area contributed by atoms with E-state index in [1.807, 2.05) is 71.5 Å². The van der Waals surface area contributed by atoms with Crippen LogP contribution in [0.25, 0.3) is 16.9 Å². The number of aromatic nitrogens is 2. The van der Waals surface area contributed by atoms with Crippen LogP contribution < -0.4 is 4.74 Å². The van der Waals surface area contributed by atoms with Crippen molar-refractivity contribution in [2.75, 3.05) is 13.7 Å². The number of benzene rings is 3. The van der Waals surface area contributed by atoms with E-state index in [1.54, 1.807) is 24.1 Å². The van der Waals surface area contributed by atoms with E-state index in [-0.39, 0.29) is 18.3 Å². The molecule has 0 spiro atoms. The average molecular weight is 415 g/mol. The van der Waals surface area contributed by atoms with Gasteiger partial charge in [0.1, 0.15) is 0 Å². The van der Waals surface area contributed by atoms with E-state index in [2.05, 4.69) is 0 Å². The minimum absolute atomic E-state index is 0.0612. The van der Waals surface area contributed by atoms with Crippen LogP contribution in [-0.4, -0.2) is 34.2 Å². The normalized spacial score (nSPS) is 10.6. The number of hydrogen-bond donors (Lipinski definition) is 0. The summed E-state index contributed by atoms with van der Waals surface area (Å²) < 4.78 is 20.9. The maximum atomic E-state index is 13.7. The fraction of sp³-hybridized carbons (Fsp3) is 0.120. The first-order valence-electron chi connectivity index (χ1n) is 9.92. The first kappa shape index (κ1) is 20.3. The lowest BCUT2D eigenvalue weighted by atomic mass is 10.1. The Morgan fingerprint density at radius 2 is 1.61 bits per heavy atom. The minimum atomic E-state index is -0.492. The summed E-state index contributed by atoms with van der Waals surface area (Å²) in [6, 6.07) is 25.7. The van der Waals surface area contributed by atoms with Gasteiger partial charge in [0.05, 0.1) is 11.4 Å². The van der Waals surface area contributed by atoms with Crippen LogP contribution in [0, 0.1) is 5.82 Å². The van der Waals surface area contributed by atoms with Gasteiger partial charge in [-0.2, -0.15) is 5.10 Å². The third kappa shape index (κ3) is 4.80. The predicted octanol–water partition coefficient (Wildman–Crippen LogP) is 4.72. The molecule has 0 bridgehead atoms. The lowest BCUT2D eigenvalue weighted by molar-refractivity contribution is -0.132. The Labute approximate surface area is 180 Å². The van der Waals surface area contributed by atoms with E-state index in [4.69, 9.17) is 9.84 Å². The lowest BCUT2D eigenvalue weighted by Gasteiger charge is -2.17. The summed E-state index contributed by atoms with van der Waals surface area (Å²) in [6.07, 6.45) is 1.93. The third-order valence-electron chi connectivity index (χ3n) is 4.88. The van der Waals surface area contributed by atoms with Crippen LogP contribution in [0.5, 0.6) is 5.75 Å². The highest BCUT2D eigenvalue weighted by molar-refractivity contribution is 5.78. The molecule has 31 heavy (non-hydrogen) atoms. The molecule has 1 amide bonds. The van der Waals surface area contributed by atoms with Crippen molar-refractivity contribution in [2.24, 2.45) is 0 Å². The molecular formula is C25H22FN3O2. The maximum Gasteiger partial charge on any atom is 0.260 e. The molecule has 0 saturated carbocycles. The maximum absolute atomic E-state index is 13.7. The number of likely N-dealkylation sites (N-methyl/N-ethyl adjacent to an activating group) is 1. The van der Waals surface area contributed by atoms with Crippen LogP contribution in [0.1, 0.15) is 5.56 Å². The van der Waals surface area contributed by atoms with Crippen molar-refractivity contribution in [3.05, 3.63) is 103 Å². The lowest BCUT2D eigenvalue weighted by Crippen LogP contribution is -2.31. The van der Waals surface area contributed by atoms with Gasteiger partial charge in [-0.05, 0) is 24.3 Å². The van der Waals surface area contributed by atoms with Gasteiger partial charge in [0, 0.05) is 30.9 Å². The Kier molecular flexibility index (Phi) is 6.08. The molecule has 0 fully saturated rings. The second-order valence-corrected chi connectivity index (χ2v) is 7.12. The van der Waals surface area contributed by atoms with Crippen molar-refractivity contribution >= 4 is 5.91 Å². The number of halogens is 1. The number of nitrogens with zero attached hydrogens (tertiary/aromatic N) is 3. The standard InChI is InChI=1S/C25H22FN3O2/c1-28(24(30)18-31-23-15-9-8-14-22(23)26)16-20-17-29(21-12-6-3-7-13-21)27-25(20)19-10-4-2-5-11-19/h2-15,17H,16,18H2,1H3. The van der Waals surface area contributed by atoms with Gasteiger partial charge in [0.25, 0.3) is 5.91 Å². The Bertz CT molecular complexity index is 1160. The molecule has 3 aromatic carbocycles. The van der Waals surface area contributed by atoms with E-state index < -0.39 is 5.82 Å². The monoisotopic (exact) mass is 415 g/mol. The number of carbonyl (C=O) groups excluding carboxylic acids is 1. The summed E-state index contributed by atoms with van der Waals surface area (Å²) in [7, 11) is 1.70. The fourth-order valence-electron chi connectivity index (χ4n) is 3.23. The smallest absolute Gasteiger partial charge is 0.260 e. The van der Waals surface area contributed by atoms with Gasteiger partial charge in [-0.3, -0.25) is 4.79 Å². The second-order valence-electron chi connectivity index (χ2n) is 7.12. The Balaban J connectivity index is 1.54. The molecule has 156 valence electrons. The molecule has 4 rings (SSSR count). The SMILES string of the molecule is CN(Cc1cn(-c2ccccc2)nc1-c1ccccc1)C(=O)COc1ccccc1F. The van der Waals surface area contributed by atoms with Gasteiger partial charge >= 0.3 is 0 Å². The molecule has 0 radical (unpaired) electrons. The van der Waals surface area contributed by atoms with E-state index in [1.165, 1.54) is 12.1 Å². The Morgan fingerprint density at radius 1 is 0.968 bits per heavy atom. The van der Waals surface area contributed by atoms with Crippen LogP contribution in [0.4, 0.5) is 4.39 Å². The number of hydrogen-bond acceptors (Lipinski definition) is 3. The Hall–Kier alpha value is -3.93. The largest absolute Gasteiger partial charge is 0.481 e. The quantitative estimate of drug-likeness (QED) is 0.439. The van der Waals surface area contributed by atoms with E-state index >= 15 is 0 Å².